The molecule has 1 N–H and O–H groups in total. The first kappa shape index (κ1) is 12.9. The van der Waals surface area contributed by atoms with Gasteiger partial charge in [0.15, 0.2) is 0 Å². The highest BCUT2D eigenvalue weighted by Gasteiger charge is 2.28. The molecule has 0 spiro atoms. The summed E-state index contributed by atoms with van der Waals surface area (Å²) in [5, 5.41) is 9.40. The number of nitrogens with zero attached hydrogens (tertiary/aromatic N) is 1. The van der Waals surface area contributed by atoms with E-state index < -0.39 is 10.0 Å². The van der Waals surface area contributed by atoms with Gasteiger partial charge >= 0.3 is 0 Å². The average Bonchev–Trinajstić information content (AvgIpc) is 2.18. The standard InChI is InChI=1S/C10H21NO3S/c1-3-8-15(13,14)11-6-4-10(5-7-11)9(2)12/h9-10,12H,3-8H2,1-2H3. The molecule has 90 valence electrons. The van der Waals surface area contributed by atoms with E-state index in [1.54, 1.807) is 11.2 Å². The second kappa shape index (κ2) is 5.27. The minimum absolute atomic E-state index is 0.242. The van der Waals surface area contributed by atoms with Crippen LogP contribution in [-0.2, 0) is 10.0 Å². The SMILES string of the molecule is CCCS(=O)(=O)N1CCC(C(C)O)CC1. The Morgan fingerprint density at radius 2 is 1.93 bits per heavy atom. The van der Waals surface area contributed by atoms with E-state index in [4.69, 9.17) is 0 Å². The molecule has 1 aliphatic rings. The summed E-state index contributed by atoms with van der Waals surface area (Å²) in [5.41, 5.74) is 0. The third kappa shape index (κ3) is 3.43. The lowest BCUT2D eigenvalue weighted by molar-refractivity contribution is 0.0912. The molecule has 15 heavy (non-hydrogen) atoms. The molecule has 1 fully saturated rings. The molecule has 0 saturated carbocycles. The molecular formula is C10H21NO3S. The lowest BCUT2D eigenvalue weighted by Gasteiger charge is -2.32. The molecule has 0 amide bonds. The Hall–Kier alpha value is -0.130. The van der Waals surface area contributed by atoms with Crippen molar-refractivity contribution in [2.24, 2.45) is 5.92 Å². The first-order valence-electron chi connectivity index (χ1n) is 5.63. The molecule has 1 aliphatic heterocycles. The summed E-state index contributed by atoms with van der Waals surface area (Å²) >= 11 is 0. The van der Waals surface area contributed by atoms with Crippen molar-refractivity contribution in [3.8, 4) is 0 Å². The maximum absolute atomic E-state index is 11.7. The summed E-state index contributed by atoms with van der Waals surface area (Å²) < 4.78 is 25.0. The van der Waals surface area contributed by atoms with Crippen LogP contribution in [0.2, 0.25) is 0 Å². The van der Waals surface area contributed by atoms with Crippen LogP contribution in [0, 0.1) is 5.92 Å². The van der Waals surface area contributed by atoms with Crippen molar-refractivity contribution in [3.63, 3.8) is 0 Å². The van der Waals surface area contributed by atoms with Crippen LogP contribution in [0.5, 0.6) is 0 Å². The van der Waals surface area contributed by atoms with E-state index in [1.165, 1.54) is 0 Å². The molecule has 1 atom stereocenters. The molecule has 0 aromatic heterocycles. The van der Waals surface area contributed by atoms with Crippen molar-refractivity contribution in [2.75, 3.05) is 18.8 Å². The van der Waals surface area contributed by atoms with Gasteiger partial charge in [0, 0.05) is 13.1 Å². The van der Waals surface area contributed by atoms with Crippen molar-refractivity contribution in [1.29, 1.82) is 0 Å². The van der Waals surface area contributed by atoms with Crippen molar-refractivity contribution >= 4 is 10.0 Å². The summed E-state index contributed by atoms with van der Waals surface area (Å²) in [4.78, 5) is 0. The van der Waals surface area contributed by atoms with E-state index in [-0.39, 0.29) is 17.8 Å². The van der Waals surface area contributed by atoms with E-state index in [1.807, 2.05) is 6.92 Å². The van der Waals surface area contributed by atoms with Gasteiger partial charge in [-0.15, -0.1) is 0 Å². The molecule has 1 unspecified atom stereocenters. The maximum Gasteiger partial charge on any atom is 0.214 e. The average molecular weight is 235 g/mol. The van der Waals surface area contributed by atoms with Gasteiger partial charge in [0.1, 0.15) is 0 Å². The molecule has 0 radical (unpaired) electrons. The summed E-state index contributed by atoms with van der Waals surface area (Å²) in [5.74, 6) is 0.505. The molecule has 5 heteroatoms. The van der Waals surface area contributed by atoms with Gasteiger partial charge in [-0.3, -0.25) is 0 Å². The van der Waals surface area contributed by atoms with Gasteiger partial charge in [-0.05, 0) is 32.1 Å². The second-order valence-electron chi connectivity index (χ2n) is 4.29. The van der Waals surface area contributed by atoms with Crippen LogP contribution in [0.15, 0.2) is 0 Å². The Bertz CT molecular complexity index is 279. The molecule has 0 bridgehead atoms. The van der Waals surface area contributed by atoms with Crippen molar-refractivity contribution in [1.82, 2.24) is 4.31 Å². The molecule has 1 rings (SSSR count). The van der Waals surface area contributed by atoms with Crippen LogP contribution < -0.4 is 0 Å². The topological polar surface area (TPSA) is 57.6 Å². The largest absolute Gasteiger partial charge is 0.393 e. The molecule has 0 aromatic carbocycles. The summed E-state index contributed by atoms with van der Waals surface area (Å²) in [6.07, 6.45) is 1.90. The highest BCUT2D eigenvalue weighted by Crippen LogP contribution is 2.22. The van der Waals surface area contributed by atoms with Gasteiger partial charge < -0.3 is 5.11 Å². The number of aliphatic hydroxyl groups is 1. The van der Waals surface area contributed by atoms with Gasteiger partial charge in [-0.25, -0.2) is 12.7 Å². The second-order valence-corrected chi connectivity index (χ2v) is 6.38. The smallest absolute Gasteiger partial charge is 0.214 e. The van der Waals surface area contributed by atoms with Crippen molar-refractivity contribution in [2.45, 2.75) is 39.2 Å². The fourth-order valence-electron chi connectivity index (χ4n) is 2.02. The van der Waals surface area contributed by atoms with Gasteiger partial charge in [0.2, 0.25) is 10.0 Å². The first-order valence-corrected chi connectivity index (χ1v) is 7.24. The molecular weight excluding hydrogens is 214 g/mol. The third-order valence-electron chi connectivity index (χ3n) is 3.04. The van der Waals surface area contributed by atoms with E-state index in [0.29, 0.717) is 19.5 Å². The maximum atomic E-state index is 11.7. The van der Waals surface area contributed by atoms with Crippen molar-refractivity contribution < 1.29 is 13.5 Å². The summed E-state index contributed by atoms with van der Waals surface area (Å²) in [6, 6.07) is 0. The molecule has 0 aromatic rings. The van der Waals surface area contributed by atoms with Crippen LogP contribution in [0.25, 0.3) is 0 Å². The van der Waals surface area contributed by atoms with Gasteiger partial charge in [-0.2, -0.15) is 0 Å². The van der Waals surface area contributed by atoms with Crippen LogP contribution >= 0.6 is 0 Å². The Kier molecular flexibility index (Phi) is 4.55. The number of rotatable bonds is 4. The van der Waals surface area contributed by atoms with Gasteiger partial charge in [-0.1, -0.05) is 6.92 Å². The Morgan fingerprint density at radius 1 is 1.40 bits per heavy atom. The molecule has 4 nitrogen and oxygen atoms in total. The summed E-state index contributed by atoms with van der Waals surface area (Å²) in [7, 11) is -3.03. The van der Waals surface area contributed by atoms with Gasteiger partial charge in [0.25, 0.3) is 0 Å². The Balaban J connectivity index is 2.50. The first-order chi connectivity index (χ1) is 6.97. The molecule has 1 saturated heterocycles. The lowest BCUT2D eigenvalue weighted by atomic mass is 9.93. The zero-order valence-electron chi connectivity index (χ0n) is 9.52. The fourth-order valence-corrected chi connectivity index (χ4v) is 3.56. The molecule has 0 aliphatic carbocycles. The normalized spacial score (nSPS) is 22.9. The fraction of sp³-hybridized carbons (Fsp3) is 1.00. The number of piperidine rings is 1. The van der Waals surface area contributed by atoms with Crippen LogP contribution in [0.3, 0.4) is 0 Å². The summed E-state index contributed by atoms with van der Waals surface area (Å²) in [6.45, 7) is 4.79. The van der Waals surface area contributed by atoms with E-state index in [2.05, 4.69) is 0 Å². The number of aliphatic hydroxyl groups excluding tert-OH is 1. The van der Waals surface area contributed by atoms with E-state index in [0.717, 1.165) is 12.8 Å². The van der Waals surface area contributed by atoms with Crippen LogP contribution in [0.4, 0.5) is 0 Å². The predicted octanol–water partition coefficient (Wildman–Crippen LogP) is 0.819. The Morgan fingerprint density at radius 3 is 2.33 bits per heavy atom. The predicted molar refractivity (Wildman–Crippen MR) is 60.1 cm³/mol. The van der Waals surface area contributed by atoms with E-state index >= 15 is 0 Å². The third-order valence-corrected chi connectivity index (χ3v) is 5.11. The number of hydrogen-bond acceptors (Lipinski definition) is 3. The van der Waals surface area contributed by atoms with Gasteiger partial charge in [0.05, 0.1) is 11.9 Å². The Labute approximate surface area is 92.3 Å². The minimum Gasteiger partial charge on any atom is -0.393 e. The highest BCUT2D eigenvalue weighted by molar-refractivity contribution is 7.89. The zero-order chi connectivity index (χ0) is 11.5. The number of sulfonamides is 1. The molecule has 1 heterocycles. The van der Waals surface area contributed by atoms with Crippen LogP contribution in [0.1, 0.15) is 33.1 Å². The minimum atomic E-state index is -3.03. The quantitative estimate of drug-likeness (QED) is 0.785. The van der Waals surface area contributed by atoms with Crippen LogP contribution in [-0.4, -0.2) is 42.8 Å². The zero-order valence-corrected chi connectivity index (χ0v) is 10.3. The highest BCUT2D eigenvalue weighted by atomic mass is 32.2. The monoisotopic (exact) mass is 235 g/mol. The number of hydrogen-bond donors (Lipinski definition) is 1. The lowest BCUT2D eigenvalue weighted by Crippen LogP contribution is -2.41. The van der Waals surface area contributed by atoms with Crippen molar-refractivity contribution in [3.05, 3.63) is 0 Å². The van der Waals surface area contributed by atoms with E-state index in [9.17, 15) is 13.5 Å².